The van der Waals surface area contributed by atoms with E-state index in [1.54, 1.807) is 49.3 Å². The van der Waals surface area contributed by atoms with Crippen molar-refractivity contribution in [3.8, 4) is 11.1 Å². The molecule has 4 rings (SSSR count). The Balaban J connectivity index is 1.55. The average molecular weight is 491 g/mol. The Morgan fingerprint density at radius 3 is 2.39 bits per heavy atom. The molecular weight excluding hydrogens is 456 g/mol. The molecule has 1 aliphatic carbocycles. The molecular formula is C27H34N6O3. The Morgan fingerprint density at radius 2 is 1.78 bits per heavy atom. The van der Waals surface area contributed by atoms with Crippen molar-refractivity contribution in [2.24, 2.45) is 20.0 Å². The van der Waals surface area contributed by atoms with Crippen molar-refractivity contribution >= 4 is 17.6 Å². The van der Waals surface area contributed by atoms with Gasteiger partial charge in [-0.2, -0.15) is 5.10 Å². The lowest BCUT2D eigenvalue weighted by Gasteiger charge is -2.26. The third kappa shape index (κ3) is 5.40. The zero-order valence-corrected chi connectivity index (χ0v) is 21.4. The fraction of sp³-hybridized carbons (Fsp3) is 0.444. The van der Waals surface area contributed by atoms with Gasteiger partial charge in [-0.15, -0.1) is 0 Å². The quantitative estimate of drug-likeness (QED) is 0.514. The number of carbonyl (C=O) groups excluding carboxylic acids is 2. The van der Waals surface area contributed by atoms with Gasteiger partial charge in [0.1, 0.15) is 17.6 Å². The molecule has 0 aliphatic heterocycles. The summed E-state index contributed by atoms with van der Waals surface area (Å²) in [6.45, 7) is 3.81. The van der Waals surface area contributed by atoms with Crippen LogP contribution in [0.4, 0.5) is 5.82 Å². The average Bonchev–Trinajstić information content (AvgIpc) is 3.11. The number of hydrogen-bond donors (Lipinski definition) is 2. The summed E-state index contributed by atoms with van der Waals surface area (Å²) in [6, 6.07) is 6.23. The first kappa shape index (κ1) is 25.3. The normalized spacial score (nSPS) is 15.2. The standard InChI is InChI=1S/C27H34N6O3/c1-17-15-23(34)32(3)18(2)24(17)20-11-12-22(28-16-20)30-27(36)25(19-9-7-5-6-8-10-19)31-26(35)21-13-14-29-33(21)4/h11-16,19,25H,5-10H2,1-4H3,(H,31,35)(H,28,30,36)/t25-/m0/s1. The van der Waals surface area contributed by atoms with Gasteiger partial charge in [0.05, 0.1) is 0 Å². The first-order chi connectivity index (χ1) is 17.3. The van der Waals surface area contributed by atoms with Crippen molar-refractivity contribution in [1.29, 1.82) is 0 Å². The summed E-state index contributed by atoms with van der Waals surface area (Å²) >= 11 is 0. The fourth-order valence-electron chi connectivity index (χ4n) is 5.08. The monoisotopic (exact) mass is 490 g/mol. The maximum atomic E-state index is 13.4. The van der Waals surface area contributed by atoms with Gasteiger partial charge in [0.2, 0.25) is 5.91 Å². The van der Waals surface area contributed by atoms with Crippen LogP contribution in [0.3, 0.4) is 0 Å². The van der Waals surface area contributed by atoms with E-state index in [0.717, 1.165) is 60.9 Å². The molecule has 9 heteroatoms. The van der Waals surface area contributed by atoms with Crippen molar-refractivity contribution in [3.63, 3.8) is 0 Å². The zero-order valence-electron chi connectivity index (χ0n) is 21.4. The smallest absolute Gasteiger partial charge is 0.270 e. The molecule has 3 aromatic rings. The van der Waals surface area contributed by atoms with Crippen LogP contribution in [0.5, 0.6) is 0 Å². The van der Waals surface area contributed by atoms with Crippen LogP contribution in [0, 0.1) is 19.8 Å². The number of anilines is 1. The molecule has 190 valence electrons. The van der Waals surface area contributed by atoms with Crippen molar-refractivity contribution in [2.45, 2.75) is 58.4 Å². The summed E-state index contributed by atoms with van der Waals surface area (Å²) in [6.07, 6.45) is 9.42. The van der Waals surface area contributed by atoms with Gasteiger partial charge < -0.3 is 15.2 Å². The Labute approximate surface area is 210 Å². The van der Waals surface area contributed by atoms with E-state index in [1.807, 2.05) is 19.9 Å². The minimum Gasteiger partial charge on any atom is -0.339 e. The van der Waals surface area contributed by atoms with Gasteiger partial charge in [-0.05, 0) is 56.4 Å². The van der Waals surface area contributed by atoms with Crippen molar-refractivity contribution in [2.75, 3.05) is 5.32 Å². The molecule has 0 bridgehead atoms. The number of nitrogens with zero attached hydrogens (tertiary/aromatic N) is 4. The van der Waals surface area contributed by atoms with E-state index in [9.17, 15) is 14.4 Å². The Bertz CT molecular complexity index is 1300. The first-order valence-electron chi connectivity index (χ1n) is 12.5. The van der Waals surface area contributed by atoms with E-state index in [1.165, 1.54) is 4.68 Å². The Hall–Kier alpha value is -3.75. The molecule has 0 spiro atoms. The maximum absolute atomic E-state index is 13.4. The highest BCUT2D eigenvalue weighted by molar-refractivity contribution is 6.00. The molecule has 0 saturated heterocycles. The summed E-state index contributed by atoms with van der Waals surface area (Å²) in [7, 11) is 3.45. The van der Waals surface area contributed by atoms with E-state index in [2.05, 4.69) is 20.7 Å². The highest BCUT2D eigenvalue weighted by Crippen LogP contribution is 2.28. The molecule has 1 saturated carbocycles. The minimum absolute atomic E-state index is 0.0525. The summed E-state index contributed by atoms with van der Waals surface area (Å²) in [5.41, 5.74) is 3.89. The lowest BCUT2D eigenvalue weighted by Crippen LogP contribution is -2.49. The summed E-state index contributed by atoms with van der Waals surface area (Å²) < 4.78 is 3.11. The van der Waals surface area contributed by atoms with Crippen LogP contribution in [0.2, 0.25) is 0 Å². The number of pyridine rings is 2. The molecule has 1 aliphatic rings. The van der Waals surface area contributed by atoms with Crippen molar-refractivity contribution in [3.05, 3.63) is 64.0 Å². The molecule has 0 aromatic carbocycles. The number of carbonyl (C=O) groups is 2. The van der Waals surface area contributed by atoms with Gasteiger partial charge in [-0.3, -0.25) is 19.1 Å². The summed E-state index contributed by atoms with van der Waals surface area (Å²) in [5, 5.41) is 9.95. The van der Waals surface area contributed by atoms with Gasteiger partial charge >= 0.3 is 0 Å². The molecule has 3 heterocycles. The second-order valence-electron chi connectivity index (χ2n) is 9.65. The topological polar surface area (TPSA) is 111 Å². The number of aryl methyl sites for hydroxylation is 2. The van der Waals surface area contributed by atoms with Gasteiger partial charge in [0, 0.05) is 49.4 Å². The van der Waals surface area contributed by atoms with Crippen molar-refractivity contribution < 1.29 is 9.59 Å². The second-order valence-corrected chi connectivity index (χ2v) is 9.65. The van der Waals surface area contributed by atoms with Crippen LogP contribution in [-0.4, -0.2) is 37.2 Å². The number of hydrogen-bond acceptors (Lipinski definition) is 5. The fourth-order valence-corrected chi connectivity index (χ4v) is 5.08. The number of nitrogens with one attached hydrogen (secondary N) is 2. The highest BCUT2D eigenvalue weighted by atomic mass is 16.2. The highest BCUT2D eigenvalue weighted by Gasteiger charge is 2.31. The lowest BCUT2D eigenvalue weighted by atomic mass is 9.91. The Morgan fingerprint density at radius 1 is 1.06 bits per heavy atom. The third-order valence-corrected chi connectivity index (χ3v) is 7.23. The van der Waals surface area contributed by atoms with E-state index in [4.69, 9.17) is 0 Å². The first-order valence-corrected chi connectivity index (χ1v) is 12.5. The number of aromatic nitrogens is 4. The van der Waals surface area contributed by atoms with Gasteiger partial charge in [-0.25, -0.2) is 4.98 Å². The molecule has 1 atom stereocenters. The molecule has 9 nitrogen and oxygen atoms in total. The molecule has 2 N–H and O–H groups in total. The van der Waals surface area contributed by atoms with E-state index >= 15 is 0 Å². The summed E-state index contributed by atoms with van der Waals surface area (Å²) in [5.74, 6) is -0.118. The van der Waals surface area contributed by atoms with E-state index in [-0.39, 0.29) is 23.3 Å². The van der Waals surface area contributed by atoms with Crippen LogP contribution in [-0.2, 0) is 18.9 Å². The number of rotatable bonds is 6. The summed E-state index contributed by atoms with van der Waals surface area (Å²) in [4.78, 5) is 42.9. The predicted octanol–water partition coefficient (Wildman–Crippen LogP) is 3.51. The molecule has 36 heavy (non-hydrogen) atoms. The largest absolute Gasteiger partial charge is 0.339 e. The number of amides is 2. The van der Waals surface area contributed by atoms with E-state index in [0.29, 0.717) is 11.5 Å². The van der Waals surface area contributed by atoms with Crippen LogP contribution in [0.25, 0.3) is 11.1 Å². The second kappa shape index (κ2) is 10.9. The van der Waals surface area contributed by atoms with Crippen LogP contribution in [0.1, 0.15) is 60.3 Å². The molecule has 3 aromatic heterocycles. The molecule has 2 amide bonds. The minimum atomic E-state index is -0.667. The molecule has 0 unspecified atom stereocenters. The lowest BCUT2D eigenvalue weighted by molar-refractivity contribution is -0.119. The molecule has 1 fully saturated rings. The Kier molecular flexibility index (Phi) is 7.67. The van der Waals surface area contributed by atoms with Gasteiger partial charge in [0.15, 0.2) is 0 Å². The van der Waals surface area contributed by atoms with Crippen LogP contribution >= 0.6 is 0 Å². The van der Waals surface area contributed by atoms with Crippen molar-refractivity contribution in [1.82, 2.24) is 24.6 Å². The van der Waals surface area contributed by atoms with Crippen LogP contribution in [0.15, 0.2) is 41.5 Å². The van der Waals surface area contributed by atoms with Crippen LogP contribution < -0.4 is 16.2 Å². The predicted molar refractivity (Wildman–Crippen MR) is 139 cm³/mol. The van der Waals surface area contributed by atoms with Gasteiger partial charge in [0.25, 0.3) is 11.5 Å². The SMILES string of the molecule is Cc1cc(=O)n(C)c(C)c1-c1ccc(NC(=O)[C@@H](NC(=O)c2ccnn2C)C2CCCCCC2)nc1. The zero-order chi connectivity index (χ0) is 25.8. The third-order valence-electron chi connectivity index (χ3n) is 7.23. The van der Waals surface area contributed by atoms with E-state index < -0.39 is 6.04 Å². The van der Waals surface area contributed by atoms with Gasteiger partial charge in [-0.1, -0.05) is 25.7 Å². The maximum Gasteiger partial charge on any atom is 0.270 e. The molecule has 0 radical (unpaired) electrons.